The molecule has 0 aliphatic rings. The number of pyridine rings is 2. The van der Waals surface area contributed by atoms with E-state index < -0.39 is 5.56 Å². The van der Waals surface area contributed by atoms with E-state index in [9.17, 15) is 4.79 Å². The Morgan fingerprint density at radius 3 is 2.19 bits per heavy atom. The number of hydrogen-bond donors (Lipinski definition) is 1. The summed E-state index contributed by atoms with van der Waals surface area (Å²) in [7, 11) is 0. The van der Waals surface area contributed by atoms with E-state index in [0.29, 0.717) is 5.76 Å². The van der Waals surface area contributed by atoms with Crippen LogP contribution in [0, 0.1) is 0 Å². The van der Waals surface area contributed by atoms with Crippen LogP contribution in [0.1, 0.15) is 0 Å². The van der Waals surface area contributed by atoms with Crippen molar-refractivity contribution in [1.82, 2.24) is 15.0 Å². The van der Waals surface area contributed by atoms with Gasteiger partial charge < -0.3 is 10.2 Å². The van der Waals surface area contributed by atoms with Gasteiger partial charge in [0.25, 0.3) is 11.6 Å². The molecule has 0 bridgehead atoms. The molecule has 3 heterocycles. The number of benzene rings is 1. The first-order valence-corrected chi connectivity index (χ1v) is 7.94. The Hall–Kier alpha value is -3.80. The van der Waals surface area contributed by atoms with E-state index in [0.717, 1.165) is 27.8 Å². The monoisotopic (exact) mass is 342 g/mol. The lowest BCUT2D eigenvalue weighted by molar-refractivity contribution is 0.564. The van der Waals surface area contributed by atoms with Gasteiger partial charge in [0.1, 0.15) is 5.76 Å². The number of nitrogen functional groups attached to an aromatic ring is 1. The van der Waals surface area contributed by atoms with Crippen molar-refractivity contribution < 1.29 is 4.42 Å². The Morgan fingerprint density at radius 1 is 0.846 bits per heavy atom. The Balaban J connectivity index is 2.05. The van der Waals surface area contributed by atoms with E-state index in [-0.39, 0.29) is 6.01 Å². The molecule has 126 valence electrons. The molecule has 0 radical (unpaired) electrons. The Kier molecular flexibility index (Phi) is 3.99. The van der Waals surface area contributed by atoms with E-state index in [1.807, 2.05) is 42.5 Å². The van der Waals surface area contributed by atoms with Crippen LogP contribution in [0.15, 0.2) is 82.5 Å². The Bertz CT molecular complexity index is 1110. The lowest BCUT2D eigenvalue weighted by Gasteiger charge is -2.14. The fraction of sp³-hybridized carbons (Fsp3) is 0. The van der Waals surface area contributed by atoms with Gasteiger partial charge in [0.2, 0.25) is 0 Å². The quantitative estimate of drug-likeness (QED) is 0.613. The second-order valence-electron chi connectivity index (χ2n) is 5.61. The molecular weight excluding hydrogens is 328 g/mol. The van der Waals surface area contributed by atoms with Crippen LogP contribution < -0.4 is 11.3 Å². The van der Waals surface area contributed by atoms with Crippen LogP contribution in [0.25, 0.3) is 33.6 Å². The number of nitrogens with zero attached hydrogens (tertiary/aromatic N) is 3. The summed E-state index contributed by atoms with van der Waals surface area (Å²) in [6, 6.07) is 14.6. The van der Waals surface area contributed by atoms with Gasteiger partial charge in [-0.3, -0.25) is 14.8 Å². The zero-order valence-corrected chi connectivity index (χ0v) is 13.7. The zero-order valence-electron chi connectivity index (χ0n) is 13.7. The van der Waals surface area contributed by atoms with Gasteiger partial charge in [-0.2, -0.15) is 4.98 Å². The Morgan fingerprint density at radius 2 is 1.54 bits per heavy atom. The van der Waals surface area contributed by atoms with Crippen molar-refractivity contribution >= 4 is 6.01 Å². The third-order valence-electron chi connectivity index (χ3n) is 3.94. The number of nitrogens with two attached hydrogens (primary N) is 1. The molecule has 0 fully saturated rings. The molecular formula is C20H14N4O2. The van der Waals surface area contributed by atoms with Crippen LogP contribution in [0.3, 0.4) is 0 Å². The van der Waals surface area contributed by atoms with Crippen molar-refractivity contribution in [2.45, 2.75) is 0 Å². The van der Waals surface area contributed by atoms with Crippen molar-refractivity contribution in [2.24, 2.45) is 0 Å². The smallest absolute Gasteiger partial charge is 0.295 e. The standard InChI is InChI=1S/C20H14N4O2/c21-20-24-18(25)10-17(26-20)16-7-1-6-15(13-4-2-8-22-11-13)19(16)14-5-3-9-23-12-14/h1-12H,(H2,21,24,25). The van der Waals surface area contributed by atoms with Crippen LogP contribution in [0.4, 0.5) is 6.01 Å². The van der Waals surface area contributed by atoms with Gasteiger partial charge in [-0.25, -0.2) is 0 Å². The van der Waals surface area contributed by atoms with Crippen molar-refractivity contribution in [2.75, 3.05) is 5.73 Å². The lowest BCUT2D eigenvalue weighted by atomic mass is 9.91. The highest BCUT2D eigenvalue weighted by Gasteiger charge is 2.16. The SMILES string of the molecule is Nc1nc(=O)cc(-c2cccc(-c3cccnc3)c2-c2cccnc2)o1. The number of rotatable bonds is 3. The number of hydrogen-bond acceptors (Lipinski definition) is 6. The highest BCUT2D eigenvalue weighted by Crippen LogP contribution is 2.39. The molecule has 6 nitrogen and oxygen atoms in total. The summed E-state index contributed by atoms with van der Waals surface area (Å²) in [5.74, 6) is 0.354. The molecule has 0 aliphatic heterocycles. The average molecular weight is 342 g/mol. The molecule has 3 aromatic heterocycles. The van der Waals surface area contributed by atoms with Crippen molar-refractivity contribution in [1.29, 1.82) is 0 Å². The van der Waals surface area contributed by atoms with Gasteiger partial charge >= 0.3 is 0 Å². The van der Waals surface area contributed by atoms with Gasteiger partial charge in [-0.1, -0.05) is 30.3 Å². The fourth-order valence-corrected chi connectivity index (χ4v) is 2.89. The predicted octanol–water partition coefficient (Wildman–Crippen LogP) is 3.41. The molecule has 0 spiro atoms. The third-order valence-corrected chi connectivity index (χ3v) is 3.94. The average Bonchev–Trinajstić information content (AvgIpc) is 2.68. The van der Waals surface area contributed by atoms with E-state index >= 15 is 0 Å². The summed E-state index contributed by atoms with van der Waals surface area (Å²) in [6.45, 7) is 0. The van der Waals surface area contributed by atoms with Crippen molar-refractivity contribution in [3.63, 3.8) is 0 Å². The largest absolute Gasteiger partial charge is 0.425 e. The van der Waals surface area contributed by atoms with E-state index in [1.54, 1.807) is 24.8 Å². The van der Waals surface area contributed by atoms with Crippen LogP contribution in [0.2, 0.25) is 0 Å². The number of aromatic nitrogens is 3. The highest BCUT2D eigenvalue weighted by atomic mass is 16.4. The van der Waals surface area contributed by atoms with Crippen molar-refractivity contribution in [3.05, 3.63) is 83.7 Å². The van der Waals surface area contributed by atoms with Gasteiger partial charge in [-0.05, 0) is 17.7 Å². The first kappa shape index (κ1) is 15.7. The molecule has 1 aromatic carbocycles. The summed E-state index contributed by atoms with van der Waals surface area (Å²) >= 11 is 0. The molecule has 0 unspecified atom stereocenters. The predicted molar refractivity (Wildman–Crippen MR) is 99.1 cm³/mol. The maximum absolute atomic E-state index is 11.8. The normalized spacial score (nSPS) is 10.6. The van der Waals surface area contributed by atoms with Crippen LogP contribution in [-0.4, -0.2) is 15.0 Å². The summed E-state index contributed by atoms with van der Waals surface area (Å²) in [4.78, 5) is 23.8. The van der Waals surface area contributed by atoms with Crippen LogP contribution in [-0.2, 0) is 0 Å². The lowest BCUT2D eigenvalue weighted by Crippen LogP contribution is -2.07. The van der Waals surface area contributed by atoms with Gasteiger partial charge in [-0.15, -0.1) is 0 Å². The molecule has 26 heavy (non-hydrogen) atoms. The summed E-state index contributed by atoms with van der Waals surface area (Å²) in [5, 5.41) is 0. The van der Waals surface area contributed by atoms with Crippen LogP contribution in [0.5, 0.6) is 0 Å². The zero-order chi connectivity index (χ0) is 17.9. The molecule has 0 aliphatic carbocycles. The molecule has 0 amide bonds. The minimum absolute atomic E-state index is 0.170. The molecule has 6 heteroatoms. The minimum Gasteiger partial charge on any atom is -0.425 e. The molecule has 0 atom stereocenters. The van der Waals surface area contributed by atoms with Crippen molar-refractivity contribution in [3.8, 4) is 33.6 Å². The first-order chi connectivity index (χ1) is 12.7. The molecule has 0 saturated heterocycles. The van der Waals surface area contributed by atoms with Gasteiger partial charge in [0.05, 0.1) is 0 Å². The van der Waals surface area contributed by atoms with Crippen LogP contribution >= 0.6 is 0 Å². The summed E-state index contributed by atoms with van der Waals surface area (Å²) < 4.78 is 5.53. The Labute approximate surface area is 149 Å². The summed E-state index contributed by atoms with van der Waals surface area (Å²) in [6.07, 6.45) is 6.98. The topological polar surface area (TPSA) is 94.9 Å². The summed E-state index contributed by atoms with van der Waals surface area (Å²) in [5.41, 5.74) is 9.56. The second-order valence-corrected chi connectivity index (χ2v) is 5.61. The molecule has 0 saturated carbocycles. The maximum atomic E-state index is 11.8. The molecule has 4 rings (SSSR count). The van der Waals surface area contributed by atoms with E-state index in [4.69, 9.17) is 10.2 Å². The van der Waals surface area contributed by atoms with Gasteiger partial charge in [0, 0.05) is 53.1 Å². The maximum Gasteiger partial charge on any atom is 0.295 e. The first-order valence-electron chi connectivity index (χ1n) is 7.94. The third kappa shape index (κ3) is 2.95. The number of anilines is 1. The van der Waals surface area contributed by atoms with E-state index in [1.165, 1.54) is 6.07 Å². The highest BCUT2D eigenvalue weighted by molar-refractivity contribution is 5.92. The van der Waals surface area contributed by atoms with Gasteiger partial charge in [0.15, 0.2) is 0 Å². The molecule has 4 aromatic rings. The molecule has 2 N–H and O–H groups in total. The fourth-order valence-electron chi connectivity index (χ4n) is 2.89. The minimum atomic E-state index is -0.451. The van der Waals surface area contributed by atoms with E-state index in [2.05, 4.69) is 15.0 Å². The second kappa shape index (κ2) is 6.60.